The van der Waals surface area contributed by atoms with Crippen LogP contribution in [0.3, 0.4) is 0 Å². The molecular weight excluding hydrogens is 350 g/mol. The van der Waals surface area contributed by atoms with E-state index in [1.165, 1.54) is 26.2 Å². The summed E-state index contributed by atoms with van der Waals surface area (Å²) in [5.41, 5.74) is 1.06. The maximum atomic E-state index is 12.1. The summed E-state index contributed by atoms with van der Waals surface area (Å²) in [6.45, 7) is 0.00832. The summed E-state index contributed by atoms with van der Waals surface area (Å²) < 4.78 is 25.3. The number of hydrogen-bond donors (Lipinski definition) is 2. The Morgan fingerprint density at radius 3 is 2.50 bits per heavy atom. The van der Waals surface area contributed by atoms with Gasteiger partial charge in [0.15, 0.2) is 0 Å². The average molecular weight is 368 g/mol. The van der Waals surface area contributed by atoms with E-state index in [9.17, 15) is 13.2 Å². The molecule has 0 bridgehead atoms. The minimum atomic E-state index is -3.55. The second-order valence-electron chi connectivity index (χ2n) is 5.20. The Morgan fingerprint density at radius 2 is 1.83 bits per heavy atom. The van der Waals surface area contributed by atoms with Crippen molar-refractivity contribution in [3.05, 3.63) is 53.6 Å². The minimum Gasteiger partial charge on any atom is -0.375 e. The first kappa shape index (κ1) is 18.3. The van der Waals surface area contributed by atoms with E-state index in [0.717, 1.165) is 4.31 Å². The molecule has 0 radical (unpaired) electrons. The molecule has 0 heterocycles. The van der Waals surface area contributed by atoms with Crippen molar-refractivity contribution in [1.82, 2.24) is 4.31 Å². The van der Waals surface area contributed by atoms with Gasteiger partial charge in [-0.1, -0.05) is 29.8 Å². The van der Waals surface area contributed by atoms with E-state index in [2.05, 4.69) is 10.6 Å². The van der Waals surface area contributed by atoms with Crippen molar-refractivity contribution < 1.29 is 13.2 Å². The first-order valence-corrected chi connectivity index (χ1v) is 8.93. The predicted molar refractivity (Wildman–Crippen MR) is 95.9 cm³/mol. The van der Waals surface area contributed by atoms with Crippen LogP contribution >= 0.6 is 11.6 Å². The third-order valence-electron chi connectivity index (χ3n) is 3.21. The molecule has 24 heavy (non-hydrogen) atoms. The van der Waals surface area contributed by atoms with Gasteiger partial charge in [-0.25, -0.2) is 12.7 Å². The van der Waals surface area contributed by atoms with Gasteiger partial charge in [-0.3, -0.25) is 4.79 Å². The monoisotopic (exact) mass is 367 g/mol. The number of hydrogen-bond acceptors (Lipinski definition) is 4. The first-order chi connectivity index (χ1) is 11.3. The number of anilines is 2. The molecule has 0 unspecified atom stereocenters. The van der Waals surface area contributed by atoms with E-state index in [1.807, 2.05) is 6.07 Å². The second-order valence-corrected chi connectivity index (χ2v) is 7.76. The summed E-state index contributed by atoms with van der Waals surface area (Å²) in [6.07, 6.45) is 0. The van der Waals surface area contributed by atoms with E-state index in [-0.39, 0.29) is 17.3 Å². The topological polar surface area (TPSA) is 78.5 Å². The van der Waals surface area contributed by atoms with Gasteiger partial charge in [0.05, 0.1) is 22.2 Å². The quantitative estimate of drug-likeness (QED) is 0.822. The number of para-hydroxylation sites is 1. The maximum absolute atomic E-state index is 12.1. The molecule has 128 valence electrons. The number of amides is 1. The molecule has 2 aromatic rings. The standard InChI is InChI=1S/C16H18ClN3O3S/c1-20(2)24(22,23)13-7-5-6-12(10-13)19-16(21)11-18-15-9-4-3-8-14(15)17/h3-10,18H,11H2,1-2H3,(H,19,21). The van der Waals surface area contributed by atoms with Crippen LogP contribution < -0.4 is 10.6 Å². The van der Waals surface area contributed by atoms with Crippen molar-refractivity contribution in [2.45, 2.75) is 4.90 Å². The Hall–Kier alpha value is -2.09. The van der Waals surface area contributed by atoms with Gasteiger partial charge in [0.25, 0.3) is 0 Å². The van der Waals surface area contributed by atoms with Crippen molar-refractivity contribution in [3.8, 4) is 0 Å². The largest absolute Gasteiger partial charge is 0.375 e. The highest BCUT2D eigenvalue weighted by atomic mass is 35.5. The van der Waals surface area contributed by atoms with Gasteiger partial charge in [0.2, 0.25) is 15.9 Å². The third kappa shape index (κ3) is 4.47. The smallest absolute Gasteiger partial charge is 0.243 e. The molecule has 0 spiro atoms. The molecule has 0 aliphatic carbocycles. The number of rotatable bonds is 6. The van der Waals surface area contributed by atoms with Crippen LogP contribution in [0.25, 0.3) is 0 Å². The molecule has 0 aliphatic heterocycles. The Kier molecular flexibility index (Phi) is 5.82. The fourth-order valence-corrected chi connectivity index (χ4v) is 3.08. The summed E-state index contributed by atoms with van der Waals surface area (Å²) in [5, 5.41) is 6.10. The van der Waals surface area contributed by atoms with Gasteiger partial charge in [-0.05, 0) is 30.3 Å². The highest BCUT2D eigenvalue weighted by Crippen LogP contribution is 2.20. The Labute approximate surface area is 146 Å². The van der Waals surface area contributed by atoms with Gasteiger partial charge < -0.3 is 10.6 Å². The summed E-state index contributed by atoms with van der Waals surface area (Å²) in [7, 11) is -0.642. The molecular formula is C16H18ClN3O3S. The number of halogens is 1. The van der Waals surface area contributed by atoms with E-state index in [1.54, 1.807) is 30.3 Å². The second kappa shape index (κ2) is 7.65. The molecule has 0 saturated heterocycles. The number of benzene rings is 2. The SMILES string of the molecule is CN(C)S(=O)(=O)c1cccc(NC(=O)CNc2ccccc2Cl)c1. The Bertz CT molecular complexity index is 838. The van der Waals surface area contributed by atoms with Crippen LogP contribution in [-0.2, 0) is 14.8 Å². The van der Waals surface area contributed by atoms with Gasteiger partial charge >= 0.3 is 0 Å². The van der Waals surface area contributed by atoms with Gasteiger partial charge in [-0.15, -0.1) is 0 Å². The molecule has 0 fully saturated rings. The molecule has 6 nitrogen and oxygen atoms in total. The maximum Gasteiger partial charge on any atom is 0.243 e. The van der Waals surface area contributed by atoms with Crippen molar-refractivity contribution in [2.75, 3.05) is 31.3 Å². The number of nitrogens with zero attached hydrogens (tertiary/aromatic N) is 1. The molecule has 8 heteroatoms. The molecule has 1 amide bonds. The molecule has 2 rings (SSSR count). The number of sulfonamides is 1. The number of nitrogens with one attached hydrogen (secondary N) is 2. The Morgan fingerprint density at radius 1 is 1.12 bits per heavy atom. The third-order valence-corrected chi connectivity index (χ3v) is 5.35. The van der Waals surface area contributed by atoms with Gasteiger partial charge in [0.1, 0.15) is 0 Å². The predicted octanol–water partition coefficient (Wildman–Crippen LogP) is 2.64. The lowest BCUT2D eigenvalue weighted by atomic mass is 10.3. The van der Waals surface area contributed by atoms with E-state index >= 15 is 0 Å². The summed E-state index contributed by atoms with van der Waals surface area (Å²) in [4.78, 5) is 12.1. The van der Waals surface area contributed by atoms with Crippen LogP contribution in [-0.4, -0.2) is 39.3 Å². The van der Waals surface area contributed by atoms with Crippen LogP contribution in [0.5, 0.6) is 0 Å². The van der Waals surface area contributed by atoms with Crippen LogP contribution in [0.15, 0.2) is 53.4 Å². The molecule has 2 aromatic carbocycles. The highest BCUT2D eigenvalue weighted by Gasteiger charge is 2.17. The van der Waals surface area contributed by atoms with Crippen molar-refractivity contribution >= 4 is 38.9 Å². The molecule has 0 aromatic heterocycles. The van der Waals surface area contributed by atoms with Gasteiger partial charge in [0, 0.05) is 19.8 Å². The fourth-order valence-electron chi connectivity index (χ4n) is 1.93. The van der Waals surface area contributed by atoms with Crippen LogP contribution in [0, 0.1) is 0 Å². The van der Waals surface area contributed by atoms with Crippen molar-refractivity contribution in [2.24, 2.45) is 0 Å². The molecule has 0 saturated carbocycles. The minimum absolute atomic E-state index is 0.00832. The average Bonchev–Trinajstić information content (AvgIpc) is 2.54. The zero-order valence-electron chi connectivity index (χ0n) is 13.3. The Balaban J connectivity index is 2.04. The fraction of sp³-hybridized carbons (Fsp3) is 0.188. The lowest BCUT2D eigenvalue weighted by Gasteiger charge is -2.13. The molecule has 0 aliphatic rings. The van der Waals surface area contributed by atoms with Crippen LogP contribution in [0.4, 0.5) is 11.4 Å². The van der Waals surface area contributed by atoms with Crippen LogP contribution in [0.2, 0.25) is 5.02 Å². The zero-order chi connectivity index (χ0) is 17.7. The summed E-state index contributed by atoms with van der Waals surface area (Å²) in [6, 6.07) is 13.2. The van der Waals surface area contributed by atoms with Crippen molar-refractivity contribution in [1.29, 1.82) is 0 Å². The van der Waals surface area contributed by atoms with Gasteiger partial charge in [-0.2, -0.15) is 0 Å². The van der Waals surface area contributed by atoms with E-state index in [4.69, 9.17) is 11.6 Å². The first-order valence-electron chi connectivity index (χ1n) is 7.11. The lowest BCUT2D eigenvalue weighted by Crippen LogP contribution is -2.23. The summed E-state index contributed by atoms with van der Waals surface area (Å²) in [5.74, 6) is -0.311. The van der Waals surface area contributed by atoms with E-state index < -0.39 is 10.0 Å². The normalized spacial score (nSPS) is 11.3. The molecule has 0 atom stereocenters. The number of carbonyl (C=O) groups excluding carboxylic acids is 1. The van der Waals surface area contributed by atoms with Crippen molar-refractivity contribution in [3.63, 3.8) is 0 Å². The number of carbonyl (C=O) groups is 1. The molecule has 2 N–H and O–H groups in total. The highest BCUT2D eigenvalue weighted by molar-refractivity contribution is 7.89. The van der Waals surface area contributed by atoms with Crippen LogP contribution in [0.1, 0.15) is 0 Å². The zero-order valence-corrected chi connectivity index (χ0v) is 14.9. The lowest BCUT2D eigenvalue weighted by molar-refractivity contribution is -0.114. The van der Waals surface area contributed by atoms with E-state index in [0.29, 0.717) is 16.4 Å². The summed E-state index contributed by atoms with van der Waals surface area (Å²) >= 11 is 6.00.